The fraction of sp³-hybridized carbons (Fsp3) is 0.318. The number of carboxylic acids is 1. The maximum Gasteiger partial charge on any atom is 0.339 e. The summed E-state index contributed by atoms with van der Waals surface area (Å²) in [6.07, 6.45) is 0.953. The monoisotopic (exact) mass is 396 g/mol. The summed E-state index contributed by atoms with van der Waals surface area (Å²) in [6, 6.07) is 14.7. The number of amides is 2. The molecule has 0 radical (unpaired) electrons. The summed E-state index contributed by atoms with van der Waals surface area (Å²) < 4.78 is 5.04. The summed E-state index contributed by atoms with van der Waals surface area (Å²) in [4.78, 5) is 37.8. The van der Waals surface area contributed by atoms with Crippen LogP contribution in [0.5, 0.6) is 5.75 Å². The lowest BCUT2D eigenvalue weighted by Crippen LogP contribution is -2.33. The molecule has 0 saturated carbocycles. The Morgan fingerprint density at radius 3 is 2.62 bits per heavy atom. The third-order valence-electron chi connectivity index (χ3n) is 5.06. The van der Waals surface area contributed by atoms with Crippen molar-refractivity contribution in [3.05, 3.63) is 65.2 Å². The van der Waals surface area contributed by atoms with Crippen LogP contribution >= 0.6 is 0 Å². The van der Waals surface area contributed by atoms with E-state index in [0.717, 1.165) is 12.0 Å². The molecule has 7 heteroatoms. The molecule has 1 heterocycles. The molecule has 0 unspecified atom stereocenters. The fourth-order valence-corrected chi connectivity index (χ4v) is 3.44. The first-order valence-electron chi connectivity index (χ1n) is 9.47. The Morgan fingerprint density at radius 1 is 1.17 bits per heavy atom. The van der Waals surface area contributed by atoms with E-state index in [4.69, 9.17) is 4.74 Å². The van der Waals surface area contributed by atoms with Gasteiger partial charge in [-0.05, 0) is 29.7 Å². The minimum Gasteiger partial charge on any atom is -0.496 e. The van der Waals surface area contributed by atoms with Gasteiger partial charge in [-0.2, -0.15) is 0 Å². The van der Waals surface area contributed by atoms with E-state index in [9.17, 15) is 19.5 Å². The van der Waals surface area contributed by atoms with Gasteiger partial charge >= 0.3 is 5.97 Å². The zero-order chi connectivity index (χ0) is 20.8. The van der Waals surface area contributed by atoms with Crippen molar-refractivity contribution in [3.8, 4) is 5.75 Å². The normalized spacial score (nSPS) is 16.0. The summed E-state index contributed by atoms with van der Waals surface area (Å²) in [5.41, 5.74) is 1.85. The number of hydrogen-bond donors (Lipinski definition) is 2. The SMILES string of the molecule is COc1ccc(CNC(=O)[C@@H]2CC(=O)N(CCc3ccccc3)C2)cc1C(=O)O. The second kappa shape index (κ2) is 9.23. The van der Waals surface area contributed by atoms with Crippen LogP contribution in [0.15, 0.2) is 48.5 Å². The molecule has 0 bridgehead atoms. The Morgan fingerprint density at radius 2 is 1.93 bits per heavy atom. The number of likely N-dealkylation sites (tertiary alicyclic amines) is 1. The number of carbonyl (C=O) groups excluding carboxylic acids is 2. The van der Waals surface area contributed by atoms with Crippen molar-refractivity contribution in [2.45, 2.75) is 19.4 Å². The first kappa shape index (κ1) is 20.4. The highest BCUT2D eigenvalue weighted by atomic mass is 16.5. The van der Waals surface area contributed by atoms with Crippen molar-refractivity contribution in [1.29, 1.82) is 0 Å². The molecule has 1 fully saturated rings. The van der Waals surface area contributed by atoms with Crippen LogP contribution in [0.4, 0.5) is 0 Å². The molecule has 1 saturated heterocycles. The Bertz CT molecular complexity index is 897. The molecule has 2 aromatic rings. The van der Waals surface area contributed by atoms with E-state index in [1.807, 2.05) is 30.3 Å². The van der Waals surface area contributed by atoms with Crippen LogP contribution in [0.1, 0.15) is 27.9 Å². The highest BCUT2D eigenvalue weighted by molar-refractivity contribution is 5.91. The van der Waals surface area contributed by atoms with Gasteiger partial charge in [0.25, 0.3) is 0 Å². The van der Waals surface area contributed by atoms with Crippen LogP contribution in [0.3, 0.4) is 0 Å². The van der Waals surface area contributed by atoms with E-state index in [-0.39, 0.29) is 36.1 Å². The van der Waals surface area contributed by atoms with Crippen LogP contribution in [-0.2, 0) is 22.6 Å². The zero-order valence-corrected chi connectivity index (χ0v) is 16.3. The second-order valence-corrected chi connectivity index (χ2v) is 7.03. The smallest absolute Gasteiger partial charge is 0.339 e. The Balaban J connectivity index is 1.53. The van der Waals surface area contributed by atoms with Gasteiger partial charge in [-0.25, -0.2) is 4.79 Å². The molecule has 2 aromatic carbocycles. The summed E-state index contributed by atoms with van der Waals surface area (Å²) in [6.45, 7) is 1.19. The van der Waals surface area contributed by atoms with Gasteiger partial charge in [0.2, 0.25) is 11.8 Å². The van der Waals surface area contributed by atoms with Gasteiger partial charge < -0.3 is 20.1 Å². The van der Waals surface area contributed by atoms with Crippen LogP contribution in [0, 0.1) is 5.92 Å². The summed E-state index contributed by atoms with van der Waals surface area (Å²) in [5, 5.41) is 12.1. The molecule has 1 atom stereocenters. The molecule has 1 aliphatic rings. The topological polar surface area (TPSA) is 95.9 Å². The van der Waals surface area contributed by atoms with Crippen LogP contribution in [0.25, 0.3) is 0 Å². The number of carbonyl (C=O) groups is 3. The second-order valence-electron chi connectivity index (χ2n) is 7.03. The van der Waals surface area contributed by atoms with E-state index in [2.05, 4.69) is 5.32 Å². The van der Waals surface area contributed by atoms with Crippen LogP contribution in [0.2, 0.25) is 0 Å². The molecule has 0 aromatic heterocycles. The van der Waals surface area contributed by atoms with Gasteiger partial charge in [0.1, 0.15) is 11.3 Å². The van der Waals surface area contributed by atoms with Crippen molar-refractivity contribution < 1.29 is 24.2 Å². The van der Waals surface area contributed by atoms with Gasteiger partial charge in [0.05, 0.1) is 13.0 Å². The van der Waals surface area contributed by atoms with E-state index in [1.54, 1.807) is 17.0 Å². The maximum absolute atomic E-state index is 12.5. The van der Waals surface area contributed by atoms with Crippen molar-refractivity contribution in [3.63, 3.8) is 0 Å². The van der Waals surface area contributed by atoms with Gasteiger partial charge in [0.15, 0.2) is 0 Å². The van der Waals surface area contributed by atoms with E-state index in [0.29, 0.717) is 18.7 Å². The Labute approximate surface area is 169 Å². The van der Waals surface area contributed by atoms with Crippen molar-refractivity contribution in [2.24, 2.45) is 5.92 Å². The number of nitrogens with one attached hydrogen (secondary N) is 1. The largest absolute Gasteiger partial charge is 0.496 e. The average Bonchev–Trinajstić information content (AvgIpc) is 3.11. The van der Waals surface area contributed by atoms with E-state index < -0.39 is 11.9 Å². The number of nitrogens with zero attached hydrogens (tertiary/aromatic N) is 1. The number of methoxy groups -OCH3 is 1. The minimum atomic E-state index is -1.09. The third kappa shape index (κ3) is 5.13. The van der Waals surface area contributed by atoms with Crippen LogP contribution < -0.4 is 10.1 Å². The number of benzene rings is 2. The van der Waals surface area contributed by atoms with Crippen molar-refractivity contribution in [1.82, 2.24) is 10.2 Å². The number of hydrogen-bond acceptors (Lipinski definition) is 4. The fourth-order valence-electron chi connectivity index (χ4n) is 3.44. The molecular weight excluding hydrogens is 372 g/mol. The van der Waals surface area contributed by atoms with E-state index >= 15 is 0 Å². The molecule has 29 heavy (non-hydrogen) atoms. The zero-order valence-electron chi connectivity index (χ0n) is 16.3. The average molecular weight is 396 g/mol. The quantitative estimate of drug-likeness (QED) is 0.712. The molecule has 3 rings (SSSR count). The highest BCUT2D eigenvalue weighted by Gasteiger charge is 2.33. The first-order valence-corrected chi connectivity index (χ1v) is 9.47. The lowest BCUT2D eigenvalue weighted by atomic mass is 10.1. The maximum atomic E-state index is 12.5. The minimum absolute atomic E-state index is 0.0151. The van der Waals surface area contributed by atoms with Gasteiger partial charge in [-0.15, -0.1) is 0 Å². The third-order valence-corrected chi connectivity index (χ3v) is 5.06. The van der Waals surface area contributed by atoms with Crippen LogP contribution in [-0.4, -0.2) is 48.0 Å². The summed E-state index contributed by atoms with van der Waals surface area (Å²) >= 11 is 0. The van der Waals surface area contributed by atoms with Crippen molar-refractivity contribution >= 4 is 17.8 Å². The molecule has 152 valence electrons. The predicted molar refractivity (Wildman–Crippen MR) is 107 cm³/mol. The van der Waals surface area contributed by atoms with Crippen molar-refractivity contribution in [2.75, 3.05) is 20.2 Å². The number of ether oxygens (including phenoxy) is 1. The molecule has 2 N–H and O–H groups in total. The molecule has 7 nitrogen and oxygen atoms in total. The summed E-state index contributed by atoms with van der Waals surface area (Å²) in [7, 11) is 1.41. The van der Waals surface area contributed by atoms with Gasteiger partial charge in [-0.3, -0.25) is 9.59 Å². The number of aromatic carboxylic acids is 1. The lowest BCUT2D eigenvalue weighted by Gasteiger charge is -2.16. The van der Waals surface area contributed by atoms with Gasteiger partial charge in [0, 0.05) is 26.1 Å². The lowest BCUT2D eigenvalue weighted by molar-refractivity contribution is -0.129. The summed E-state index contributed by atoms with van der Waals surface area (Å²) in [5.74, 6) is -1.43. The Kier molecular flexibility index (Phi) is 6.49. The Hall–Kier alpha value is -3.35. The number of carboxylic acid groups (broad SMARTS) is 1. The molecule has 2 amide bonds. The number of rotatable bonds is 8. The van der Waals surface area contributed by atoms with E-state index in [1.165, 1.54) is 13.2 Å². The highest BCUT2D eigenvalue weighted by Crippen LogP contribution is 2.21. The molecule has 0 spiro atoms. The molecular formula is C22H24N2O5. The molecule has 0 aliphatic carbocycles. The standard InChI is InChI=1S/C22H24N2O5/c1-29-19-8-7-16(11-18(19)22(27)28)13-23-21(26)17-12-20(25)24(14-17)10-9-15-5-3-2-4-6-15/h2-8,11,17H,9-10,12-14H2,1H3,(H,23,26)(H,27,28)/t17-/m1/s1. The predicted octanol–water partition coefficient (Wildman–Crippen LogP) is 2.10. The van der Waals surface area contributed by atoms with Gasteiger partial charge in [-0.1, -0.05) is 36.4 Å². The molecule has 1 aliphatic heterocycles. The first-order chi connectivity index (χ1) is 14.0.